The summed E-state index contributed by atoms with van der Waals surface area (Å²) in [5, 5.41) is 16.4. The summed E-state index contributed by atoms with van der Waals surface area (Å²) in [6.07, 6.45) is 5.19. The van der Waals surface area contributed by atoms with Crippen molar-refractivity contribution in [2.45, 2.75) is 38.6 Å². The highest BCUT2D eigenvalue weighted by Crippen LogP contribution is 2.25. The molecule has 0 unspecified atom stereocenters. The van der Waals surface area contributed by atoms with E-state index < -0.39 is 5.97 Å². The lowest BCUT2D eigenvalue weighted by Gasteiger charge is -2.20. The molecule has 1 heterocycles. The number of nitrogens with one attached hydrogen (secondary N) is 2. The van der Waals surface area contributed by atoms with Gasteiger partial charge in [-0.15, -0.1) is 11.3 Å². The first-order valence-electron chi connectivity index (χ1n) is 8.90. The number of nitrogens with zero attached hydrogens (tertiary/aromatic N) is 1. The van der Waals surface area contributed by atoms with E-state index in [1.165, 1.54) is 23.1 Å². The molecule has 2 amide bonds. The molecule has 1 aromatic carbocycles. The SMILES string of the molecule is O=C(NCc1nc(C(=O)O)cs1)c1cccc(NC(=O)C2CCCCC2)c1. The number of amides is 2. The fourth-order valence-electron chi connectivity index (χ4n) is 3.10. The summed E-state index contributed by atoms with van der Waals surface area (Å²) in [5.74, 6) is -1.35. The van der Waals surface area contributed by atoms with Crippen molar-refractivity contribution < 1.29 is 19.5 Å². The van der Waals surface area contributed by atoms with E-state index in [-0.39, 0.29) is 30.0 Å². The van der Waals surface area contributed by atoms with Crippen LogP contribution in [-0.2, 0) is 11.3 Å². The monoisotopic (exact) mass is 387 g/mol. The molecule has 27 heavy (non-hydrogen) atoms. The van der Waals surface area contributed by atoms with Crippen molar-refractivity contribution in [2.75, 3.05) is 5.32 Å². The van der Waals surface area contributed by atoms with Crippen LogP contribution in [0.25, 0.3) is 0 Å². The average Bonchev–Trinajstić information content (AvgIpc) is 3.16. The van der Waals surface area contributed by atoms with Crippen molar-refractivity contribution in [3.05, 3.63) is 45.9 Å². The van der Waals surface area contributed by atoms with Crippen molar-refractivity contribution in [1.29, 1.82) is 0 Å². The van der Waals surface area contributed by atoms with Gasteiger partial charge in [0.05, 0.1) is 6.54 Å². The number of hydrogen-bond acceptors (Lipinski definition) is 5. The molecule has 7 nitrogen and oxygen atoms in total. The van der Waals surface area contributed by atoms with Crippen LogP contribution in [0.5, 0.6) is 0 Å². The number of carbonyl (C=O) groups is 3. The maximum atomic E-state index is 12.4. The third-order valence-electron chi connectivity index (χ3n) is 4.54. The van der Waals surface area contributed by atoms with Crippen molar-refractivity contribution >= 4 is 34.8 Å². The Labute approximate surface area is 160 Å². The molecule has 8 heteroatoms. The van der Waals surface area contributed by atoms with E-state index in [0.717, 1.165) is 25.7 Å². The molecule has 0 atom stereocenters. The van der Waals surface area contributed by atoms with Crippen LogP contribution in [0.3, 0.4) is 0 Å². The summed E-state index contributed by atoms with van der Waals surface area (Å²) < 4.78 is 0. The van der Waals surface area contributed by atoms with Gasteiger partial charge in [-0.25, -0.2) is 9.78 Å². The van der Waals surface area contributed by atoms with Crippen molar-refractivity contribution in [1.82, 2.24) is 10.3 Å². The maximum absolute atomic E-state index is 12.4. The number of carbonyl (C=O) groups excluding carboxylic acids is 2. The molecule has 3 rings (SSSR count). The van der Waals surface area contributed by atoms with Gasteiger partial charge >= 0.3 is 5.97 Å². The Morgan fingerprint density at radius 3 is 2.67 bits per heavy atom. The van der Waals surface area contributed by atoms with Crippen LogP contribution >= 0.6 is 11.3 Å². The first-order valence-corrected chi connectivity index (χ1v) is 9.77. The number of benzene rings is 1. The lowest BCUT2D eigenvalue weighted by molar-refractivity contribution is -0.120. The minimum Gasteiger partial charge on any atom is -0.476 e. The third kappa shape index (κ3) is 5.13. The fourth-order valence-corrected chi connectivity index (χ4v) is 3.80. The second-order valence-corrected chi connectivity index (χ2v) is 7.46. The number of thiazole rings is 1. The van der Waals surface area contributed by atoms with Crippen molar-refractivity contribution in [3.8, 4) is 0 Å². The molecular weight excluding hydrogens is 366 g/mol. The highest BCUT2D eigenvalue weighted by atomic mass is 32.1. The van der Waals surface area contributed by atoms with Gasteiger partial charge in [0.15, 0.2) is 5.69 Å². The van der Waals surface area contributed by atoms with Crippen LogP contribution < -0.4 is 10.6 Å². The number of hydrogen-bond donors (Lipinski definition) is 3. The standard InChI is InChI=1S/C19H21N3O4S/c23-17(20-10-16-22-15(11-27-16)19(25)26)13-7-4-8-14(9-13)21-18(24)12-5-2-1-3-6-12/h4,7-9,11-12H,1-3,5-6,10H2,(H,20,23)(H,21,24)(H,25,26). The van der Waals surface area contributed by atoms with Gasteiger partial charge in [0, 0.05) is 22.5 Å². The summed E-state index contributed by atoms with van der Waals surface area (Å²) in [6.45, 7) is 0.148. The summed E-state index contributed by atoms with van der Waals surface area (Å²) in [7, 11) is 0. The molecule has 1 saturated carbocycles. The molecule has 3 N–H and O–H groups in total. The average molecular weight is 387 g/mol. The lowest BCUT2D eigenvalue weighted by atomic mass is 9.88. The van der Waals surface area contributed by atoms with Crippen LogP contribution in [0.15, 0.2) is 29.6 Å². The number of carboxylic acid groups (broad SMARTS) is 1. The second-order valence-electron chi connectivity index (χ2n) is 6.52. The first-order chi connectivity index (χ1) is 13.0. The Morgan fingerprint density at radius 1 is 1.19 bits per heavy atom. The van der Waals surface area contributed by atoms with E-state index in [1.807, 2.05) is 0 Å². The van der Waals surface area contributed by atoms with Crippen LogP contribution in [0, 0.1) is 5.92 Å². The Morgan fingerprint density at radius 2 is 1.96 bits per heavy atom. The minimum absolute atomic E-state index is 0.0104. The van der Waals surface area contributed by atoms with Crippen LogP contribution in [0.2, 0.25) is 0 Å². The Bertz CT molecular complexity index is 843. The molecule has 0 bridgehead atoms. The van der Waals surface area contributed by atoms with Gasteiger partial charge in [0.25, 0.3) is 5.91 Å². The van der Waals surface area contributed by atoms with E-state index in [4.69, 9.17) is 5.11 Å². The Kier molecular flexibility index (Phi) is 6.18. The van der Waals surface area contributed by atoms with E-state index in [9.17, 15) is 14.4 Å². The summed E-state index contributed by atoms with van der Waals surface area (Å²) in [4.78, 5) is 39.5. The van der Waals surface area contributed by atoms with Crippen LogP contribution in [0.1, 0.15) is 58.0 Å². The molecular formula is C19H21N3O4S. The zero-order valence-electron chi connectivity index (χ0n) is 14.7. The summed E-state index contributed by atoms with van der Waals surface area (Å²) >= 11 is 1.18. The number of aromatic carboxylic acids is 1. The second kappa shape index (κ2) is 8.77. The first kappa shape index (κ1) is 19.0. The van der Waals surface area contributed by atoms with Gasteiger partial charge in [-0.2, -0.15) is 0 Å². The molecule has 0 saturated heterocycles. The van der Waals surface area contributed by atoms with Crippen LogP contribution in [-0.4, -0.2) is 27.9 Å². The van der Waals surface area contributed by atoms with E-state index in [2.05, 4.69) is 15.6 Å². The molecule has 1 aromatic heterocycles. The van der Waals surface area contributed by atoms with Crippen molar-refractivity contribution in [3.63, 3.8) is 0 Å². The van der Waals surface area contributed by atoms with E-state index >= 15 is 0 Å². The molecule has 2 aromatic rings. The minimum atomic E-state index is -1.09. The largest absolute Gasteiger partial charge is 0.476 e. The normalized spacial score (nSPS) is 14.5. The molecule has 1 fully saturated rings. The molecule has 0 radical (unpaired) electrons. The number of carboxylic acids is 1. The maximum Gasteiger partial charge on any atom is 0.355 e. The van der Waals surface area contributed by atoms with Gasteiger partial charge in [-0.05, 0) is 31.0 Å². The fraction of sp³-hybridized carbons (Fsp3) is 0.368. The van der Waals surface area contributed by atoms with E-state index in [1.54, 1.807) is 24.3 Å². The zero-order valence-corrected chi connectivity index (χ0v) is 15.6. The molecule has 142 valence electrons. The van der Waals surface area contributed by atoms with Gasteiger partial charge in [0.1, 0.15) is 5.01 Å². The smallest absolute Gasteiger partial charge is 0.355 e. The van der Waals surface area contributed by atoms with Gasteiger partial charge in [0.2, 0.25) is 5.91 Å². The van der Waals surface area contributed by atoms with Gasteiger partial charge in [-0.1, -0.05) is 25.3 Å². The van der Waals surface area contributed by atoms with Gasteiger partial charge < -0.3 is 15.7 Å². The zero-order chi connectivity index (χ0) is 19.2. The molecule has 0 aliphatic heterocycles. The predicted octanol–water partition coefficient (Wildman–Crippen LogP) is 3.29. The van der Waals surface area contributed by atoms with Crippen molar-refractivity contribution in [2.24, 2.45) is 5.92 Å². The topological polar surface area (TPSA) is 108 Å². The van der Waals surface area contributed by atoms with Gasteiger partial charge in [-0.3, -0.25) is 9.59 Å². The third-order valence-corrected chi connectivity index (χ3v) is 5.39. The highest BCUT2D eigenvalue weighted by molar-refractivity contribution is 7.09. The highest BCUT2D eigenvalue weighted by Gasteiger charge is 2.21. The predicted molar refractivity (Wildman–Crippen MR) is 102 cm³/mol. The number of rotatable bonds is 6. The lowest BCUT2D eigenvalue weighted by Crippen LogP contribution is -2.25. The molecule has 0 spiro atoms. The number of anilines is 1. The summed E-state index contributed by atoms with van der Waals surface area (Å²) in [5.41, 5.74) is 0.990. The molecule has 1 aliphatic rings. The van der Waals surface area contributed by atoms with E-state index in [0.29, 0.717) is 16.3 Å². The Hall–Kier alpha value is -2.74. The molecule has 1 aliphatic carbocycles. The van der Waals surface area contributed by atoms with Crippen LogP contribution in [0.4, 0.5) is 5.69 Å². The quantitative estimate of drug-likeness (QED) is 0.705. The Balaban J connectivity index is 1.57. The summed E-state index contributed by atoms with van der Waals surface area (Å²) in [6, 6.07) is 6.78. The number of aromatic nitrogens is 1.